The van der Waals surface area contributed by atoms with E-state index in [-0.39, 0.29) is 35.7 Å². The number of hydrogen-bond acceptors (Lipinski definition) is 5. The summed E-state index contributed by atoms with van der Waals surface area (Å²) in [5.74, 6) is 0.294. The molecule has 160 valence electrons. The van der Waals surface area contributed by atoms with Gasteiger partial charge in [-0.3, -0.25) is 4.79 Å². The van der Waals surface area contributed by atoms with Gasteiger partial charge in [-0.2, -0.15) is 0 Å². The largest absolute Gasteiger partial charge is 0.507 e. The molecule has 1 aliphatic heterocycles. The van der Waals surface area contributed by atoms with E-state index in [0.29, 0.717) is 50.1 Å². The number of hydrogen-bond donors (Lipinski definition) is 5. The van der Waals surface area contributed by atoms with Gasteiger partial charge in [0.05, 0.1) is 17.3 Å². The Bertz CT molecular complexity index is 814. The summed E-state index contributed by atoms with van der Waals surface area (Å²) < 4.78 is 0. The van der Waals surface area contributed by atoms with Crippen molar-refractivity contribution in [1.82, 2.24) is 10.6 Å². The van der Waals surface area contributed by atoms with Gasteiger partial charge in [-0.15, -0.1) is 12.4 Å². The number of phenolic OH excluding ortho intramolecular Hbond substituents is 1. The molecule has 4 atom stereocenters. The van der Waals surface area contributed by atoms with Crippen molar-refractivity contribution in [3.05, 3.63) is 28.8 Å². The minimum atomic E-state index is -1.00. The second-order valence-electron chi connectivity index (χ2n) is 9.37. The molecule has 0 spiro atoms. The molecule has 6 nitrogen and oxygen atoms in total. The number of aliphatic hydroxyl groups is 2. The Morgan fingerprint density at radius 3 is 2.76 bits per heavy atom. The normalized spacial score (nSPS) is 35.5. The van der Waals surface area contributed by atoms with Crippen LogP contribution in [0, 0.1) is 5.92 Å². The van der Waals surface area contributed by atoms with Gasteiger partial charge in [0.2, 0.25) is 0 Å². The van der Waals surface area contributed by atoms with E-state index in [1.807, 2.05) is 6.07 Å². The Balaban J connectivity index is 0.00000205. The van der Waals surface area contributed by atoms with E-state index in [0.717, 1.165) is 24.9 Å². The minimum absolute atomic E-state index is 0. The number of fused-ring (bicyclic) bond motifs is 1. The third-order valence-corrected chi connectivity index (χ3v) is 7.98. The van der Waals surface area contributed by atoms with Gasteiger partial charge < -0.3 is 26.0 Å². The van der Waals surface area contributed by atoms with E-state index in [1.165, 1.54) is 6.42 Å². The summed E-state index contributed by atoms with van der Waals surface area (Å²) in [4.78, 5) is 12.8. The molecule has 0 radical (unpaired) electrons. The maximum atomic E-state index is 12.8. The molecule has 7 heteroatoms. The maximum Gasteiger partial charge on any atom is 0.255 e. The predicted molar refractivity (Wildman–Crippen MR) is 112 cm³/mol. The average Bonchev–Trinajstić information content (AvgIpc) is 2.60. The first-order valence-corrected chi connectivity index (χ1v) is 10.7. The highest BCUT2D eigenvalue weighted by Gasteiger charge is 2.63. The van der Waals surface area contributed by atoms with Gasteiger partial charge in [-0.1, -0.05) is 12.5 Å². The molecule has 2 saturated carbocycles. The van der Waals surface area contributed by atoms with Gasteiger partial charge >= 0.3 is 0 Å². The summed E-state index contributed by atoms with van der Waals surface area (Å²) >= 11 is 0. The summed E-state index contributed by atoms with van der Waals surface area (Å²) in [6.07, 6.45) is 5.79. The zero-order valence-corrected chi connectivity index (χ0v) is 17.4. The molecule has 5 rings (SSSR count). The first-order valence-electron chi connectivity index (χ1n) is 10.7. The van der Waals surface area contributed by atoms with Crippen LogP contribution in [0.1, 0.15) is 66.4 Å². The number of rotatable bonds is 3. The Hall–Kier alpha value is -1.34. The number of aliphatic hydroxyl groups excluding tert-OH is 1. The molecular formula is C22H31ClN2O4. The molecule has 3 aliphatic carbocycles. The highest BCUT2D eigenvalue weighted by Crippen LogP contribution is 2.58. The number of piperidine rings is 1. The number of benzene rings is 1. The molecule has 4 unspecified atom stereocenters. The molecule has 1 aromatic carbocycles. The summed E-state index contributed by atoms with van der Waals surface area (Å²) in [5, 5.41) is 39.8. The first kappa shape index (κ1) is 20.9. The van der Waals surface area contributed by atoms with Crippen molar-refractivity contribution in [3.8, 4) is 5.75 Å². The number of carbonyl (C=O) groups is 1. The first-order chi connectivity index (χ1) is 13.4. The fraction of sp³-hybridized carbons (Fsp3) is 0.682. The highest BCUT2D eigenvalue weighted by molar-refractivity contribution is 5.97. The Morgan fingerprint density at radius 2 is 2.03 bits per heavy atom. The fourth-order valence-corrected chi connectivity index (χ4v) is 6.22. The second-order valence-corrected chi connectivity index (χ2v) is 9.37. The SMILES string of the molecule is Cl.O=C(NCC1CCC1)c1ccc2c(c1O)C13CCNC(C2)C1(O)CCC(O)C3. The van der Waals surface area contributed by atoms with Gasteiger partial charge in [0.15, 0.2) is 0 Å². The quantitative estimate of drug-likeness (QED) is 0.511. The third kappa shape index (κ3) is 2.99. The van der Waals surface area contributed by atoms with Gasteiger partial charge in [-0.05, 0) is 69.0 Å². The van der Waals surface area contributed by atoms with Gasteiger partial charge in [0.1, 0.15) is 5.75 Å². The molecule has 1 amide bonds. The lowest BCUT2D eigenvalue weighted by Crippen LogP contribution is -2.72. The molecule has 4 aliphatic rings. The molecule has 1 aromatic rings. The van der Waals surface area contributed by atoms with Crippen molar-refractivity contribution in [1.29, 1.82) is 0 Å². The van der Waals surface area contributed by atoms with Crippen molar-refractivity contribution < 1.29 is 20.1 Å². The smallest absolute Gasteiger partial charge is 0.255 e. The fourth-order valence-electron chi connectivity index (χ4n) is 6.22. The van der Waals surface area contributed by atoms with Crippen molar-refractivity contribution >= 4 is 18.3 Å². The van der Waals surface area contributed by atoms with Crippen molar-refractivity contribution in [2.75, 3.05) is 13.1 Å². The van der Waals surface area contributed by atoms with Crippen LogP contribution in [0.15, 0.2) is 12.1 Å². The second kappa shape index (κ2) is 7.41. The lowest BCUT2D eigenvalue weighted by molar-refractivity contribution is -0.146. The monoisotopic (exact) mass is 422 g/mol. The van der Waals surface area contributed by atoms with E-state index in [9.17, 15) is 20.1 Å². The summed E-state index contributed by atoms with van der Waals surface area (Å²) in [5.41, 5.74) is 0.247. The van der Waals surface area contributed by atoms with Crippen LogP contribution < -0.4 is 10.6 Å². The Morgan fingerprint density at radius 1 is 1.24 bits per heavy atom. The number of nitrogens with one attached hydrogen (secondary N) is 2. The number of aromatic hydroxyl groups is 1. The predicted octanol–water partition coefficient (Wildman–Crippen LogP) is 1.78. The van der Waals surface area contributed by atoms with Gasteiger partial charge in [-0.25, -0.2) is 0 Å². The van der Waals surface area contributed by atoms with Crippen LogP contribution in [0.3, 0.4) is 0 Å². The molecular weight excluding hydrogens is 392 g/mol. The number of amides is 1. The minimum Gasteiger partial charge on any atom is -0.507 e. The number of phenols is 1. The molecule has 29 heavy (non-hydrogen) atoms. The maximum absolute atomic E-state index is 12.8. The molecule has 5 N–H and O–H groups in total. The van der Waals surface area contributed by atoms with Crippen molar-refractivity contribution in [2.45, 2.75) is 74.5 Å². The summed E-state index contributed by atoms with van der Waals surface area (Å²) in [7, 11) is 0. The van der Waals surface area contributed by atoms with E-state index in [4.69, 9.17) is 0 Å². The van der Waals surface area contributed by atoms with Crippen molar-refractivity contribution in [2.24, 2.45) is 5.92 Å². The van der Waals surface area contributed by atoms with E-state index >= 15 is 0 Å². The van der Waals surface area contributed by atoms with Crippen LogP contribution in [0.5, 0.6) is 5.75 Å². The van der Waals surface area contributed by atoms with E-state index in [2.05, 4.69) is 10.6 Å². The van der Waals surface area contributed by atoms with Crippen LogP contribution >= 0.6 is 12.4 Å². The molecule has 0 aromatic heterocycles. The lowest BCUT2D eigenvalue weighted by atomic mass is 9.49. The number of carbonyl (C=O) groups excluding carboxylic acids is 1. The topological polar surface area (TPSA) is 102 Å². The van der Waals surface area contributed by atoms with Crippen LogP contribution in [-0.4, -0.2) is 52.1 Å². The van der Waals surface area contributed by atoms with Gasteiger partial charge in [0, 0.05) is 23.6 Å². The summed E-state index contributed by atoms with van der Waals surface area (Å²) in [6.45, 7) is 1.38. The Kier molecular flexibility index (Phi) is 5.35. The molecule has 1 heterocycles. The average molecular weight is 423 g/mol. The zero-order valence-electron chi connectivity index (χ0n) is 16.6. The van der Waals surface area contributed by atoms with Crippen LogP contribution in [0.2, 0.25) is 0 Å². The van der Waals surface area contributed by atoms with Crippen LogP contribution in [-0.2, 0) is 11.8 Å². The number of halogens is 1. The zero-order chi connectivity index (χ0) is 19.5. The van der Waals surface area contributed by atoms with E-state index in [1.54, 1.807) is 6.07 Å². The van der Waals surface area contributed by atoms with Crippen molar-refractivity contribution in [3.63, 3.8) is 0 Å². The molecule has 1 saturated heterocycles. The highest BCUT2D eigenvalue weighted by atomic mass is 35.5. The third-order valence-electron chi connectivity index (χ3n) is 7.98. The Labute approximate surface area is 177 Å². The molecule has 2 bridgehead atoms. The van der Waals surface area contributed by atoms with Crippen LogP contribution in [0.25, 0.3) is 0 Å². The van der Waals surface area contributed by atoms with Crippen LogP contribution in [0.4, 0.5) is 0 Å². The van der Waals surface area contributed by atoms with E-state index < -0.39 is 17.1 Å². The standard InChI is InChI=1S/C22H30N2O4.ClH/c25-15-6-7-22(28)17-10-14-4-5-16(20(27)24-12-13-2-1-3-13)19(26)18(14)21(22,11-15)8-9-23-17;/h4-5,13,15,17,23,25-26,28H,1-3,6-12H2,(H,24,27);1H. The lowest BCUT2D eigenvalue weighted by Gasteiger charge is -2.61. The molecule has 3 fully saturated rings. The van der Waals surface area contributed by atoms with Gasteiger partial charge in [0.25, 0.3) is 5.91 Å². The summed E-state index contributed by atoms with van der Waals surface area (Å²) in [6, 6.07) is 3.55.